The Morgan fingerprint density at radius 2 is 1.63 bits per heavy atom. The van der Waals surface area contributed by atoms with E-state index in [0.717, 1.165) is 27.5 Å². The van der Waals surface area contributed by atoms with Crippen molar-refractivity contribution in [2.45, 2.75) is 0 Å². The summed E-state index contributed by atoms with van der Waals surface area (Å²) in [6, 6.07) is 25.3. The van der Waals surface area contributed by atoms with E-state index in [2.05, 4.69) is 10.3 Å². The number of amides is 1. The van der Waals surface area contributed by atoms with Crippen LogP contribution in [0.25, 0.3) is 27.5 Å². The summed E-state index contributed by atoms with van der Waals surface area (Å²) in [5, 5.41) is 12.1. The predicted octanol–water partition coefficient (Wildman–Crippen LogP) is 5.98. The summed E-state index contributed by atoms with van der Waals surface area (Å²) in [5.74, 6) is -0.249. The molecule has 1 amide bonds. The molecule has 146 valence electrons. The Kier molecular flexibility index (Phi) is 4.96. The van der Waals surface area contributed by atoms with Gasteiger partial charge in [-0.1, -0.05) is 54.6 Å². The maximum Gasteiger partial charge on any atom is 0.276 e. The Hall–Kier alpha value is -3.55. The third-order valence-electron chi connectivity index (χ3n) is 4.51. The topological polar surface area (TPSA) is 59.8 Å². The highest BCUT2D eigenvalue weighted by Gasteiger charge is 2.19. The molecule has 5 rings (SSSR count). The van der Waals surface area contributed by atoms with Gasteiger partial charge in [-0.2, -0.15) is 5.10 Å². The molecule has 0 unspecified atom stereocenters. The smallest absolute Gasteiger partial charge is 0.276 e. The number of nitrogens with one attached hydrogen (secondary N) is 1. The molecular formula is C23H16N4OS2. The van der Waals surface area contributed by atoms with E-state index in [1.54, 1.807) is 16.0 Å². The Labute approximate surface area is 181 Å². The number of thiazole rings is 1. The van der Waals surface area contributed by atoms with Crippen molar-refractivity contribution in [3.63, 3.8) is 0 Å². The second-order valence-electron chi connectivity index (χ2n) is 6.50. The van der Waals surface area contributed by atoms with Gasteiger partial charge in [-0.15, -0.1) is 22.7 Å². The normalized spacial score (nSPS) is 10.8. The van der Waals surface area contributed by atoms with E-state index in [-0.39, 0.29) is 5.91 Å². The van der Waals surface area contributed by atoms with Crippen LogP contribution in [0.4, 0.5) is 5.13 Å². The minimum Gasteiger partial charge on any atom is -0.296 e. The largest absolute Gasteiger partial charge is 0.296 e. The highest BCUT2D eigenvalue weighted by Crippen LogP contribution is 2.29. The minimum absolute atomic E-state index is 0.249. The SMILES string of the molecule is O=C(Nc1nc(-c2cccs2)cs1)c1cc(-c2ccccc2)nn1-c1ccccc1. The van der Waals surface area contributed by atoms with E-state index in [0.29, 0.717) is 10.8 Å². The molecule has 7 heteroatoms. The molecule has 0 radical (unpaired) electrons. The van der Waals surface area contributed by atoms with Crippen LogP contribution in [-0.4, -0.2) is 20.7 Å². The molecular weight excluding hydrogens is 412 g/mol. The number of benzene rings is 2. The summed E-state index contributed by atoms with van der Waals surface area (Å²) in [6.45, 7) is 0. The van der Waals surface area contributed by atoms with Crippen LogP contribution in [0.2, 0.25) is 0 Å². The zero-order chi connectivity index (χ0) is 20.3. The van der Waals surface area contributed by atoms with Crippen LogP contribution in [0.1, 0.15) is 10.5 Å². The second kappa shape index (κ2) is 8.06. The first-order valence-electron chi connectivity index (χ1n) is 9.29. The van der Waals surface area contributed by atoms with Crippen molar-refractivity contribution in [1.82, 2.24) is 14.8 Å². The molecule has 0 aliphatic carbocycles. The van der Waals surface area contributed by atoms with Crippen molar-refractivity contribution in [2.75, 3.05) is 5.32 Å². The van der Waals surface area contributed by atoms with Gasteiger partial charge in [0.15, 0.2) is 5.13 Å². The summed E-state index contributed by atoms with van der Waals surface area (Å²) < 4.78 is 1.67. The van der Waals surface area contributed by atoms with Crippen LogP contribution in [-0.2, 0) is 0 Å². The van der Waals surface area contributed by atoms with Gasteiger partial charge in [0.05, 0.1) is 22.0 Å². The number of nitrogens with zero attached hydrogens (tertiary/aromatic N) is 3. The van der Waals surface area contributed by atoms with Crippen molar-refractivity contribution >= 4 is 33.7 Å². The molecule has 0 spiro atoms. The van der Waals surface area contributed by atoms with E-state index in [1.165, 1.54) is 11.3 Å². The van der Waals surface area contributed by atoms with E-state index < -0.39 is 0 Å². The summed E-state index contributed by atoms with van der Waals surface area (Å²) >= 11 is 3.03. The molecule has 0 atom stereocenters. The van der Waals surface area contributed by atoms with Crippen molar-refractivity contribution in [3.8, 4) is 27.5 Å². The van der Waals surface area contributed by atoms with Crippen molar-refractivity contribution < 1.29 is 4.79 Å². The number of thiophene rings is 1. The second-order valence-corrected chi connectivity index (χ2v) is 8.30. The number of hydrogen-bond donors (Lipinski definition) is 1. The van der Waals surface area contributed by atoms with Gasteiger partial charge in [-0.3, -0.25) is 10.1 Å². The first-order chi connectivity index (χ1) is 14.8. The Balaban J connectivity index is 1.49. The molecule has 0 saturated carbocycles. The predicted molar refractivity (Wildman–Crippen MR) is 122 cm³/mol. The minimum atomic E-state index is -0.249. The maximum atomic E-state index is 13.1. The van der Waals surface area contributed by atoms with Gasteiger partial charge in [0.2, 0.25) is 0 Å². The van der Waals surface area contributed by atoms with E-state index in [4.69, 9.17) is 5.10 Å². The maximum absolute atomic E-state index is 13.1. The Morgan fingerprint density at radius 3 is 2.37 bits per heavy atom. The number of anilines is 1. The Morgan fingerprint density at radius 1 is 0.867 bits per heavy atom. The molecule has 3 aromatic heterocycles. The van der Waals surface area contributed by atoms with Gasteiger partial charge in [0, 0.05) is 10.9 Å². The van der Waals surface area contributed by atoms with Gasteiger partial charge in [0.1, 0.15) is 5.69 Å². The fourth-order valence-corrected chi connectivity index (χ4v) is 4.56. The van der Waals surface area contributed by atoms with E-state index >= 15 is 0 Å². The molecule has 1 N–H and O–H groups in total. The highest BCUT2D eigenvalue weighted by atomic mass is 32.1. The monoisotopic (exact) mass is 428 g/mol. The van der Waals surface area contributed by atoms with Crippen molar-refractivity contribution in [1.29, 1.82) is 0 Å². The summed E-state index contributed by atoms with van der Waals surface area (Å²) in [5.41, 5.74) is 3.83. The molecule has 0 fully saturated rings. The summed E-state index contributed by atoms with van der Waals surface area (Å²) in [4.78, 5) is 18.8. The van der Waals surface area contributed by atoms with Gasteiger partial charge >= 0.3 is 0 Å². The number of carbonyl (C=O) groups is 1. The lowest BCUT2D eigenvalue weighted by atomic mass is 10.1. The standard InChI is InChI=1S/C23H16N4OS2/c28-22(25-23-24-19(15-30-23)21-12-7-13-29-21)20-14-18(16-8-3-1-4-9-16)26-27(20)17-10-5-2-6-11-17/h1-15H,(H,24,25,28). The van der Waals surface area contributed by atoms with Gasteiger partial charge in [-0.25, -0.2) is 9.67 Å². The lowest BCUT2D eigenvalue weighted by Gasteiger charge is -2.06. The number of rotatable bonds is 5. The zero-order valence-corrected chi connectivity index (χ0v) is 17.4. The molecule has 5 aromatic rings. The van der Waals surface area contributed by atoms with Gasteiger partial charge in [-0.05, 0) is 29.6 Å². The fraction of sp³-hybridized carbons (Fsp3) is 0. The molecule has 0 aliphatic rings. The lowest BCUT2D eigenvalue weighted by molar-refractivity contribution is 0.101. The number of carbonyl (C=O) groups excluding carboxylic acids is 1. The lowest BCUT2D eigenvalue weighted by Crippen LogP contribution is -2.16. The summed E-state index contributed by atoms with van der Waals surface area (Å²) in [6.07, 6.45) is 0. The molecule has 0 saturated heterocycles. The van der Waals surface area contributed by atoms with Crippen molar-refractivity contribution in [3.05, 3.63) is 95.3 Å². The van der Waals surface area contributed by atoms with Crippen LogP contribution in [0.5, 0.6) is 0 Å². The van der Waals surface area contributed by atoms with Crippen molar-refractivity contribution in [2.24, 2.45) is 0 Å². The first-order valence-corrected chi connectivity index (χ1v) is 11.1. The summed E-state index contributed by atoms with van der Waals surface area (Å²) in [7, 11) is 0. The van der Waals surface area contributed by atoms with E-state index in [9.17, 15) is 4.79 Å². The number of para-hydroxylation sites is 1. The fourth-order valence-electron chi connectivity index (χ4n) is 3.09. The zero-order valence-electron chi connectivity index (χ0n) is 15.7. The molecule has 2 aromatic carbocycles. The first kappa shape index (κ1) is 18.5. The van der Waals surface area contributed by atoms with E-state index in [1.807, 2.05) is 89.6 Å². The van der Waals surface area contributed by atoms with Crippen LogP contribution in [0.3, 0.4) is 0 Å². The molecule has 0 aliphatic heterocycles. The van der Waals surface area contributed by atoms with Gasteiger partial charge < -0.3 is 0 Å². The molecule has 30 heavy (non-hydrogen) atoms. The highest BCUT2D eigenvalue weighted by molar-refractivity contribution is 7.16. The third kappa shape index (κ3) is 3.68. The molecule has 0 bridgehead atoms. The van der Waals surface area contributed by atoms with Crippen LogP contribution in [0, 0.1) is 0 Å². The number of aromatic nitrogens is 3. The number of hydrogen-bond acceptors (Lipinski definition) is 5. The Bertz CT molecular complexity index is 1280. The molecule has 3 heterocycles. The van der Waals surface area contributed by atoms with Crippen LogP contribution in [0.15, 0.2) is 89.6 Å². The van der Waals surface area contributed by atoms with Gasteiger partial charge in [0.25, 0.3) is 5.91 Å². The average molecular weight is 429 g/mol. The van der Waals surface area contributed by atoms with Crippen LogP contribution < -0.4 is 5.32 Å². The third-order valence-corrected chi connectivity index (χ3v) is 6.16. The average Bonchev–Trinajstić information content (AvgIpc) is 3.55. The van der Waals surface area contributed by atoms with Crippen LogP contribution >= 0.6 is 22.7 Å². The quantitative estimate of drug-likeness (QED) is 0.375. The molecule has 5 nitrogen and oxygen atoms in total.